The molecule has 2 rings (SSSR count). The molecule has 2 unspecified atom stereocenters. The summed E-state index contributed by atoms with van der Waals surface area (Å²) in [5.74, 6) is -3.38. The Hall–Kier alpha value is -2.43. The SMILES string of the molecule is CSC1C(NC(=O)/C(=N/OC(C)(C)C(=O)O)c2csc(N)n2)C(=O)N1S(=O)(=O)O. The van der Waals surface area contributed by atoms with E-state index in [-0.39, 0.29) is 15.1 Å². The topological polar surface area (TPSA) is 202 Å². The van der Waals surface area contributed by atoms with Crippen LogP contribution in [0.1, 0.15) is 19.5 Å². The Morgan fingerprint density at radius 2 is 2.10 bits per heavy atom. The van der Waals surface area contributed by atoms with E-state index in [1.165, 1.54) is 25.5 Å². The highest BCUT2D eigenvalue weighted by Gasteiger charge is 2.54. The number of amides is 2. The average Bonchev–Trinajstić information content (AvgIpc) is 3.01. The molecule has 1 saturated heterocycles. The van der Waals surface area contributed by atoms with E-state index in [0.29, 0.717) is 0 Å². The summed E-state index contributed by atoms with van der Waals surface area (Å²) < 4.78 is 31.9. The van der Waals surface area contributed by atoms with Crippen molar-refractivity contribution in [1.82, 2.24) is 14.6 Å². The van der Waals surface area contributed by atoms with Crippen molar-refractivity contribution in [2.45, 2.75) is 30.9 Å². The van der Waals surface area contributed by atoms with Crippen LogP contribution in [0, 0.1) is 0 Å². The lowest BCUT2D eigenvalue weighted by atomic mass is 10.1. The molecule has 2 atom stereocenters. The van der Waals surface area contributed by atoms with Crippen LogP contribution in [0.2, 0.25) is 0 Å². The number of nitrogen functional groups attached to an aromatic ring is 1. The van der Waals surface area contributed by atoms with E-state index in [9.17, 15) is 22.8 Å². The number of β-lactam (4-membered cyclic amide) rings is 1. The van der Waals surface area contributed by atoms with Crippen molar-refractivity contribution in [2.24, 2.45) is 5.16 Å². The van der Waals surface area contributed by atoms with Crippen molar-refractivity contribution in [1.29, 1.82) is 0 Å². The molecule has 1 aromatic heterocycles. The maximum Gasteiger partial charge on any atom is 0.363 e. The maximum atomic E-state index is 12.7. The van der Waals surface area contributed by atoms with E-state index in [4.69, 9.17) is 20.2 Å². The normalized spacial score (nSPS) is 20.2. The number of carboxylic acids is 1. The molecule has 0 saturated carbocycles. The second kappa shape index (κ2) is 8.13. The molecule has 1 aliphatic heterocycles. The van der Waals surface area contributed by atoms with Gasteiger partial charge in [0.1, 0.15) is 17.1 Å². The number of aromatic nitrogens is 1. The first-order valence-corrected chi connectivity index (χ1v) is 11.2. The van der Waals surface area contributed by atoms with Crippen molar-refractivity contribution in [2.75, 3.05) is 12.0 Å². The van der Waals surface area contributed by atoms with Crippen LogP contribution in [0.25, 0.3) is 0 Å². The molecule has 13 nitrogen and oxygen atoms in total. The largest absolute Gasteiger partial charge is 0.478 e. The van der Waals surface area contributed by atoms with E-state index < -0.39 is 50.8 Å². The first-order chi connectivity index (χ1) is 13.3. The van der Waals surface area contributed by atoms with Gasteiger partial charge < -0.3 is 21.0 Å². The number of carbonyl (C=O) groups is 3. The minimum Gasteiger partial charge on any atom is -0.478 e. The van der Waals surface area contributed by atoms with Crippen molar-refractivity contribution in [3.63, 3.8) is 0 Å². The van der Waals surface area contributed by atoms with Crippen LogP contribution in [0.4, 0.5) is 5.13 Å². The first kappa shape index (κ1) is 22.9. The molecule has 0 bridgehead atoms. The number of nitrogens with zero attached hydrogens (tertiary/aromatic N) is 3. The summed E-state index contributed by atoms with van der Waals surface area (Å²) in [7, 11) is -4.79. The summed E-state index contributed by atoms with van der Waals surface area (Å²) in [6, 6.07) is -1.28. The van der Waals surface area contributed by atoms with Gasteiger partial charge in [-0.1, -0.05) is 5.16 Å². The molecule has 2 heterocycles. The number of aliphatic carboxylic acids is 1. The maximum absolute atomic E-state index is 12.7. The molecule has 0 aromatic carbocycles. The average molecular weight is 468 g/mol. The monoisotopic (exact) mass is 467 g/mol. The van der Waals surface area contributed by atoms with Crippen LogP contribution >= 0.6 is 23.1 Å². The van der Waals surface area contributed by atoms with Crippen molar-refractivity contribution < 1.29 is 37.3 Å². The van der Waals surface area contributed by atoms with Gasteiger partial charge in [-0.3, -0.25) is 14.1 Å². The van der Waals surface area contributed by atoms with Crippen LogP contribution < -0.4 is 11.1 Å². The van der Waals surface area contributed by atoms with Gasteiger partial charge in [-0.05, 0) is 20.1 Å². The van der Waals surface area contributed by atoms with Gasteiger partial charge in [0.05, 0.1) is 0 Å². The standard InChI is InChI=1S/C13H17N5O8S3/c1-13(2,11(21)22)26-17-6(5-4-28-12(14)15-5)8(19)16-7-9(20)18(10(7)27-3)29(23,24)25/h4,7,10H,1-3H3,(H2,14,15)(H,16,19)(H,21,22)(H,23,24,25)/b17-6+. The molecule has 1 fully saturated rings. The fraction of sp³-hybridized carbons (Fsp3) is 0.462. The molecule has 0 aliphatic carbocycles. The predicted molar refractivity (Wildman–Crippen MR) is 103 cm³/mol. The van der Waals surface area contributed by atoms with E-state index in [1.54, 1.807) is 0 Å². The van der Waals surface area contributed by atoms with Gasteiger partial charge in [-0.2, -0.15) is 12.7 Å². The lowest BCUT2D eigenvalue weighted by Crippen LogP contribution is -2.71. The molecular formula is C13H17N5O8S3. The highest BCUT2D eigenvalue weighted by atomic mass is 32.2. The number of anilines is 1. The van der Waals surface area contributed by atoms with Crippen LogP contribution in [-0.2, 0) is 29.5 Å². The summed E-state index contributed by atoms with van der Waals surface area (Å²) in [5, 5.41) is 15.3. The molecule has 2 amide bonds. The Kier molecular flexibility index (Phi) is 6.41. The second-order valence-electron chi connectivity index (χ2n) is 6.11. The van der Waals surface area contributed by atoms with Gasteiger partial charge in [-0.15, -0.1) is 23.1 Å². The fourth-order valence-electron chi connectivity index (χ4n) is 2.06. The van der Waals surface area contributed by atoms with Gasteiger partial charge in [0.25, 0.3) is 11.8 Å². The number of thiazole rings is 1. The molecule has 1 aliphatic rings. The fourth-order valence-corrected chi connectivity index (χ4v) is 4.67. The van der Waals surface area contributed by atoms with Gasteiger partial charge in [0.2, 0.25) is 5.60 Å². The zero-order valence-corrected chi connectivity index (χ0v) is 17.7. The van der Waals surface area contributed by atoms with E-state index in [2.05, 4.69) is 15.5 Å². The molecule has 29 heavy (non-hydrogen) atoms. The quantitative estimate of drug-likeness (QED) is 0.160. The number of nitrogens with one attached hydrogen (secondary N) is 1. The summed E-state index contributed by atoms with van der Waals surface area (Å²) in [6.45, 7) is 2.40. The molecular weight excluding hydrogens is 450 g/mol. The second-order valence-corrected chi connectivity index (χ2v) is 9.24. The third kappa shape index (κ3) is 4.77. The van der Waals surface area contributed by atoms with E-state index in [0.717, 1.165) is 23.1 Å². The summed E-state index contributed by atoms with van der Waals surface area (Å²) in [4.78, 5) is 44.7. The number of carbonyl (C=O) groups excluding carboxylic acids is 2. The summed E-state index contributed by atoms with van der Waals surface area (Å²) >= 11 is 1.88. The number of nitrogens with two attached hydrogens (primary N) is 1. The lowest BCUT2D eigenvalue weighted by molar-refractivity contribution is -0.161. The number of rotatable bonds is 8. The predicted octanol–water partition coefficient (Wildman–Crippen LogP) is -0.872. The van der Waals surface area contributed by atoms with Gasteiger partial charge in [-0.25, -0.2) is 9.78 Å². The van der Waals surface area contributed by atoms with Crippen LogP contribution in [-0.4, -0.2) is 74.1 Å². The van der Waals surface area contributed by atoms with Crippen molar-refractivity contribution in [3.8, 4) is 0 Å². The Bertz CT molecular complexity index is 973. The van der Waals surface area contributed by atoms with Crippen LogP contribution in [0.3, 0.4) is 0 Å². The molecule has 16 heteroatoms. The zero-order chi connectivity index (χ0) is 22.1. The lowest BCUT2D eigenvalue weighted by Gasteiger charge is -2.42. The number of carboxylic acid groups (broad SMARTS) is 1. The third-order valence-corrected chi connectivity index (χ3v) is 6.31. The highest BCUT2D eigenvalue weighted by molar-refractivity contribution is 8.00. The number of thioether (sulfide) groups is 1. The van der Waals surface area contributed by atoms with E-state index >= 15 is 0 Å². The van der Waals surface area contributed by atoms with E-state index in [1.807, 2.05) is 0 Å². The molecule has 1 aromatic rings. The zero-order valence-electron chi connectivity index (χ0n) is 15.2. The third-order valence-electron chi connectivity index (χ3n) is 3.64. The highest BCUT2D eigenvalue weighted by Crippen LogP contribution is 2.30. The number of hydrogen-bond acceptors (Lipinski definition) is 11. The van der Waals surface area contributed by atoms with Gasteiger partial charge in [0, 0.05) is 5.38 Å². The Morgan fingerprint density at radius 1 is 1.48 bits per heavy atom. The Morgan fingerprint density at radius 3 is 2.55 bits per heavy atom. The first-order valence-electron chi connectivity index (χ1n) is 7.65. The Labute approximate surface area is 173 Å². The van der Waals surface area contributed by atoms with Crippen LogP contribution in [0.15, 0.2) is 10.5 Å². The van der Waals surface area contributed by atoms with Gasteiger partial charge >= 0.3 is 16.3 Å². The van der Waals surface area contributed by atoms with Gasteiger partial charge in [0.15, 0.2) is 10.8 Å². The molecule has 160 valence electrons. The molecule has 0 radical (unpaired) electrons. The Balaban J connectivity index is 2.29. The number of hydrogen-bond donors (Lipinski definition) is 4. The molecule has 5 N–H and O–H groups in total. The molecule has 0 spiro atoms. The van der Waals surface area contributed by atoms with Crippen molar-refractivity contribution >= 4 is 62.0 Å². The minimum absolute atomic E-state index is 0.0368. The summed E-state index contributed by atoms with van der Waals surface area (Å²) in [5.41, 5.74) is 3.27. The number of oxime groups is 1. The minimum atomic E-state index is -4.79. The summed E-state index contributed by atoms with van der Waals surface area (Å²) in [6.07, 6.45) is 1.48. The smallest absolute Gasteiger partial charge is 0.363 e. The van der Waals surface area contributed by atoms with Crippen LogP contribution in [0.5, 0.6) is 0 Å². The van der Waals surface area contributed by atoms with Crippen molar-refractivity contribution in [3.05, 3.63) is 11.1 Å².